The second-order valence-corrected chi connectivity index (χ2v) is 7.23. The van der Waals surface area contributed by atoms with Crippen molar-refractivity contribution in [3.63, 3.8) is 0 Å². The number of amides is 1. The molecule has 3 aromatic rings. The Balaban J connectivity index is 1.71. The summed E-state index contributed by atoms with van der Waals surface area (Å²) in [6.07, 6.45) is 0. The van der Waals surface area contributed by atoms with Gasteiger partial charge in [-0.3, -0.25) is 4.79 Å². The van der Waals surface area contributed by atoms with Gasteiger partial charge >= 0.3 is 0 Å². The maximum absolute atomic E-state index is 12.7. The number of methoxy groups -OCH3 is 2. The smallest absolute Gasteiger partial charge is 0.277 e. The molecule has 8 heteroatoms. The van der Waals surface area contributed by atoms with Crippen LogP contribution < -0.4 is 14.4 Å². The molecule has 146 valence electrons. The van der Waals surface area contributed by atoms with E-state index in [0.29, 0.717) is 28.2 Å². The number of hydrogen-bond acceptors (Lipinski definition) is 7. The summed E-state index contributed by atoms with van der Waals surface area (Å²) in [4.78, 5) is 14.3. The lowest BCUT2D eigenvalue weighted by atomic mass is 10.2. The van der Waals surface area contributed by atoms with Crippen molar-refractivity contribution in [2.75, 3.05) is 26.2 Å². The van der Waals surface area contributed by atoms with Crippen LogP contribution in [0.4, 0.5) is 5.69 Å². The molecule has 1 atom stereocenters. The Labute approximate surface area is 167 Å². The fourth-order valence-corrected chi connectivity index (χ4v) is 3.37. The maximum atomic E-state index is 12.7. The molecule has 0 aliphatic heterocycles. The molecule has 2 aromatic carbocycles. The van der Waals surface area contributed by atoms with Gasteiger partial charge in [0.15, 0.2) is 11.5 Å². The fourth-order valence-electron chi connectivity index (χ4n) is 2.60. The van der Waals surface area contributed by atoms with Gasteiger partial charge in [0.25, 0.3) is 5.22 Å². The van der Waals surface area contributed by atoms with Crippen molar-refractivity contribution in [3.05, 3.63) is 48.5 Å². The van der Waals surface area contributed by atoms with Gasteiger partial charge in [0, 0.05) is 18.3 Å². The summed E-state index contributed by atoms with van der Waals surface area (Å²) in [7, 11) is 4.88. The molecule has 0 aliphatic rings. The molecule has 7 nitrogen and oxygen atoms in total. The number of thioether (sulfide) groups is 1. The lowest BCUT2D eigenvalue weighted by Gasteiger charge is -2.20. The number of anilines is 1. The maximum Gasteiger partial charge on any atom is 0.277 e. The van der Waals surface area contributed by atoms with Gasteiger partial charge in [0.05, 0.1) is 19.5 Å². The number of carbonyl (C=O) groups is 1. The highest BCUT2D eigenvalue weighted by molar-refractivity contribution is 8.00. The van der Waals surface area contributed by atoms with E-state index in [1.54, 1.807) is 44.4 Å². The number of hydrogen-bond donors (Lipinski definition) is 0. The quantitative estimate of drug-likeness (QED) is 0.558. The summed E-state index contributed by atoms with van der Waals surface area (Å²) in [5, 5.41) is 8.06. The zero-order valence-corrected chi connectivity index (χ0v) is 16.9. The Hall–Kier alpha value is -3.00. The zero-order valence-electron chi connectivity index (χ0n) is 16.1. The first-order valence-electron chi connectivity index (χ1n) is 8.58. The Bertz CT molecular complexity index is 946. The first-order valence-corrected chi connectivity index (χ1v) is 9.46. The molecule has 0 saturated carbocycles. The molecule has 0 N–H and O–H groups in total. The minimum absolute atomic E-state index is 0.0536. The topological polar surface area (TPSA) is 77.7 Å². The minimum Gasteiger partial charge on any atom is -0.493 e. The largest absolute Gasteiger partial charge is 0.493 e. The van der Waals surface area contributed by atoms with Crippen LogP contribution in [0, 0.1) is 0 Å². The van der Waals surface area contributed by atoms with Crippen LogP contribution in [0.1, 0.15) is 6.92 Å². The predicted octanol–water partition coefficient (Wildman–Crippen LogP) is 3.90. The highest BCUT2D eigenvalue weighted by Crippen LogP contribution is 2.33. The number of rotatable bonds is 7. The van der Waals surface area contributed by atoms with Crippen molar-refractivity contribution in [1.82, 2.24) is 10.2 Å². The number of para-hydroxylation sites is 1. The Morgan fingerprint density at radius 2 is 1.79 bits per heavy atom. The molecule has 0 radical (unpaired) electrons. The summed E-state index contributed by atoms with van der Waals surface area (Å²) in [6.45, 7) is 1.81. The molecule has 1 aromatic heterocycles. The van der Waals surface area contributed by atoms with Crippen molar-refractivity contribution in [1.29, 1.82) is 0 Å². The SMILES string of the molecule is COc1ccc(-c2nnc(S[C@H](C)C(=O)N(C)c3ccccc3)o2)cc1OC. The van der Waals surface area contributed by atoms with Crippen LogP contribution in [-0.2, 0) is 4.79 Å². The molecule has 1 amide bonds. The summed E-state index contributed by atoms with van der Waals surface area (Å²) in [6, 6.07) is 14.8. The summed E-state index contributed by atoms with van der Waals surface area (Å²) in [5.74, 6) is 1.48. The van der Waals surface area contributed by atoms with Crippen LogP contribution in [0.15, 0.2) is 58.2 Å². The van der Waals surface area contributed by atoms with Crippen LogP contribution in [0.25, 0.3) is 11.5 Å². The summed E-state index contributed by atoms with van der Waals surface area (Å²) < 4.78 is 16.3. The molecule has 1 heterocycles. The summed E-state index contributed by atoms with van der Waals surface area (Å²) >= 11 is 1.22. The third-order valence-electron chi connectivity index (χ3n) is 4.14. The lowest BCUT2D eigenvalue weighted by molar-refractivity contribution is -0.117. The Morgan fingerprint density at radius 1 is 1.07 bits per heavy atom. The fraction of sp³-hybridized carbons (Fsp3) is 0.250. The first-order chi connectivity index (χ1) is 13.5. The van der Waals surface area contributed by atoms with Crippen LogP contribution in [0.5, 0.6) is 11.5 Å². The number of carbonyl (C=O) groups excluding carboxylic acids is 1. The monoisotopic (exact) mass is 399 g/mol. The molecule has 0 fully saturated rings. The van der Waals surface area contributed by atoms with Gasteiger partial charge in [0.1, 0.15) is 0 Å². The van der Waals surface area contributed by atoms with Gasteiger partial charge in [-0.15, -0.1) is 10.2 Å². The van der Waals surface area contributed by atoms with E-state index in [-0.39, 0.29) is 11.2 Å². The van der Waals surface area contributed by atoms with E-state index in [0.717, 1.165) is 5.69 Å². The number of nitrogens with zero attached hydrogens (tertiary/aromatic N) is 3. The van der Waals surface area contributed by atoms with E-state index < -0.39 is 0 Å². The van der Waals surface area contributed by atoms with Crippen LogP contribution in [0.3, 0.4) is 0 Å². The van der Waals surface area contributed by atoms with Gasteiger partial charge in [0.2, 0.25) is 11.8 Å². The van der Waals surface area contributed by atoms with Crippen molar-refractivity contribution in [3.8, 4) is 23.0 Å². The van der Waals surface area contributed by atoms with Crippen molar-refractivity contribution in [2.24, 2.45) is 0 Å². The van der Waals surface area contributed by atoms with Gasteiger partial charge in [-0.1, -0.05) is 30.0 Å². The average Bonchev–Trinajstić information content (AvgIpc) is 3.21. The second-order valence-electron chi connectivity index (χ2n) is 5.94. The molecule has 3 rings (SSSR count). The van der Waals surface area contributed by atoms with Crippen molar-refractivity contribution < 1.29 is 18.7 Å². The molecule has 0 saturated heterocycles. The molecule has 0 aliphatic carbocycles. The van der Waals surface area contributed by atoms with Gasteiger partial charge in [-0.25, -0.2) is 0 Å². The van der Waals surface area contributed by atoms with Gasteiger partial charge < -0.3 is 18.8 Å². The first kappa shape index (κ1) is 19.8. The average molecular weight is 399 g/mol. The molecule has 28 heavy (non-hydrogen) atoms. The Kier molecular flexibility index (Phi) is 6.20. The molecular weight excluding hydrogens is 378 g/mol. The highest BCUT2D eigenvalue weighted by Gasteiger charge is 2.23. The molecule has 0 spiro atoms. The van der Waals surface area contributed by atoms with E-state index in [1.807, 2.05) is 37.3 Å². The standard InChI is InChI=1S/C20H21N3O4S/c1-13(19(24)23(2)15-8-6-5-7-9-15)28-20-22-21-18(27-20)14-10-11-16(25-3)17(12-14)26-4/h5-13H,1-4H3/t13-/m1/s1. The van der Waals surface area contributed by atoms with Crippen LogP contribution in [-0.4, -0.2) is 42.6 Å². The number of benzene rings is 2. The third kappa shape index (κ3) is 4.28. The number of aromatic nitrogens is 2. The van der Waals surface area contributed by atoms with E-state index >= 15 is 0 Å². The predicted molar refractivity (Wildman–Crippen MR) is 108 cm³/mol. The third-order valence-corrected chi connectivity index (χ3v) is 5.06. The highest BCUT2D eigenvalue weighted by atomic mass is 32.2. The van der Waals surface area contributed by atoms with E-state index in [2.05, 4.69) is 10.2 Å². The Morgan fingerprint density at radius 3 is 2.46 bits per heavy atom. The molecular formula is C20H21N3O4S. The van der Waals surface area contributed by atoms with Crippen LogP contribution >= 0.6 is 11.8 Å². The van der Waals surface area contributed by atoms with E-state index in [9.17, 15) is 4.79 Å². The van der Waals surface area contributed by atoms with Crippen molar-refractivity contribution >= 4 is 23.4 Å². The minimum atomic E-state index is -0.385. The second kappa shape index (κ2) is 8.79. The number of ether oxygens (including phenoxy) is 2. The molecule has 0 unspecified atom stereocenters. The van der Waals surface area contributed by atoms with Gasteiger partial charge in [-0.2, -0.15) is 0 Å². The molecule has 0 bridgehead atoms. The van der Waals surface area contributed by atoms with Gasteiger partial charge in [-0.05, 0) is 37.3 Å². The normalized spacial score (nSPS) is 11.7. The zero-order chi connectivity index (χ0) is 20.1. The summed E-state index contributed by atoms with van der Waals surface area (Å²) in [5.41, 5.74) is 1.54. The van der Waals surface area contributed by atoms with Crippen molar-refractivity contribution in [2.45, 2.75) is 17.4 Å². The van der Waals surface area contributed by atoms with Crippen LogP contribution in [0.2, 0.25) is 0 Å². The van der Waals surface area contributed by atoms with E-state index in [4.69, 9.17) is 13.9 Å². The van der Waals surface area contributed by atoms with E-state index in [1.165, 1.54) is 11.8 Å². The lowest BCUT2D eigenvalue weighted by Crippen LogP contribution is -2.33.